The van der Waals surface area contributed by atoms with Gasteiger partial charge in [-0.25, -0.2) is 13.6 Å². The minimum absolute atomic E-state index is 0.0980. The number of hydrogen-bond donors (Lipinski definition) is 2. The van der Waals surface area contributed by atoms with Gasteiger partial charge in [0.05, 0.1) is 6.10 Å². The SMILES string of the molecule is O=C(NCC1CCC(C(=O)O)O1)c1cc(F)cc(F)c1. The maximum absolute atomic E-state index is 13.0. The molecule has 0 aromatic heterocycles. The fraction of sp³-hybridized carbons (Fsp3) is 0.385. The summed E-state index contributed by atoms with van der Waals surface area (Å²) in [5, 5.41) is 11.2. The Hall–Kier alpha value is -2.02. The third kappa shape index (κ3) is 3.51. The molecule has 0 bridgehead atoms. The van der Waals surface area contributed by atoms with Crippen molar-refractivity contribution in [2.75, 3.05) is 6.54 Å². The van der Waals surface area contributed by atoms with Crippen LogP contribution < -0.4 is 5.32 Å². The van der Waals surface area contributed by atoms with Crippen LogP contribution in [0.4, 0.5) is 8.78 Å². The molecule has 1 amide bonds. The Balaban J connectivity index is 1.88. The first kappa shape index (κ1) is 14.4. The summed E-state index contributed by atoms with van der Waals surface area (Å²) in [6.07, 6.45) is -0.374. The number of amides is 1. The number of rotatable bonds is 4. The van der Waals surface area contributed by atoms with Gasteiger partial charge in [0.1, 0.15) is 11.6 Å². The highest BCUT2D eigenvalue weighted by Gasteiger charge is 2.30. The van der Waals surface area contributed by atoms with Crippen LogP contribution in [0.3, 0.4) is 0 Å². The van der Waals surface area contributed by atoms with E-state index in [-0.39, 0.29) is 12.1 Å². The Labute approximate surface area is 113 Å². The second-order valence-corrected chi connectivity index (χ2v) is 4.53. The minimum atomic E-state index is -1.04. The highest BCUT2D eigenvalue weighted by Crippen LogP contribution is 2.19. The zero-order valence-corrected chi connectivity index (χ0v) is 10.4. The lowest BCUT2D eigenvalue weighted by molar-refractivity contribution is -0.149. The fourth-order valence-corrected chi connectivity index (χ4v) is 2.03. The molecule has 0 radical (unpaired) electrons. The number of benzene rings is 1. The summed E-state index contributed by atoms with van der Waals surface area (Å²) >= 11 is 0. The van der Waals surface area contributed by atoms with Crippen molar-refractivity contribution in [3.05, 3.63) is 35.4 Å². The lowest BCUT2D eigenvalue weighted by atomic mass is 10.1. The quantitative estimate of drug-likeness (QED) is 0.875. The average molecular weight is 285 g/mol. The van der Waals surface area contributed by atoms with E-state index in [1.165, 1.54) is 0 Å². The summed E-state index contributed by atoms with van der Waals surface area (Å²) in [6, 6.07) is 2.52. The third-order valence-corrected chi connectivity index (χ3v) is 3.00. The van der Waals surface area contributed by atoms with E-state index in [9.17, 15) is 18.4 Å². The Kier molecular flexibility index (Phi) is 4.29. The number of carboxylic acids is 1. The van der Waals surface area contributed by atoms with Crippen molar-refractivity contribution in [3.8, 4) is 0 Å². The number of hydrogen-bond acceptors (Lipinski definition) is 3. The molecule has 5 nitrogen and oxygen atoms in total. The molecule has 7 heteroatoms. The normalized spacial score (nSPS) is 21.7. The van der Waals surface area contributed by atoms with Crippen molar-refractivity contribution >= 4 is 11.9 Å². The molecule has 1 aliphatic rings. The van der Waals surface area contributed by atoms with Crippen molar-refractivity contribution in [3.63, 3.8) is 0 Å². The highest BCUT2D eigenvalue weighted by atomic mass is 19.1. The maximum atomic E-state index is 13.0. The van der Waals surface area contributed by atoms with E-state index >= 15 is 0 Å². The van der Waals surface area contributed by atoms with Crippen molar-refractivity contribution < 1.29 is 28.2 Å². The zero-order valence-electron chi connectivity index (χ0n) is 10.4. The van der Waals surface area contributed by atoms with Crippen molar-refractivity contribution in [1.29, 1.82) is 0 Å². The van der Waals surface area contributed by atoms with Gasteiger partial charge in [0.2, 0.25) is 0 Å². The summed E-state index contributed by atoms with van der Waals surface area (Å²) in [7, 11) is 0. The Morgan fingerprint density at radius 1 is 1.25 bits per heavy atom. The van der Waals surface area contributed by atoms with Crippen LogP contribution in [0.2, 0.25) is 0 Å². The molecular formula is C13H13F2NO4. The van der Waals surface area contributed by atoms with Crippen LogP contribution in [0, 0.1) is 11.6 Å². The predicted octanol–water partition coefficient (Wildman–Crippen LogP) is 1.33. The van der Waals surface area contributed by atoms with Gasteiger partial charge >= 0.3 is 5.97 Å². The van der Waals surface area contributed by atoms with E-state index in [1.807, 2.05) is 0 Å². The van der Waals surface area contributed by atoms with E-state index in [0.717, 1.165) is 12.1 Å². The number of nitrogens with one attached hydrogen (secondary N) is 1. The first-order valence-corrected chi connectivity index (χ1v) is 6.08. The second kappa shape index (κ2) is 5.96. The van der Waals surface area contributed by atoms with Crippen molar-refractivity contribution in [2.45, 2.75) is 25.0 Å². The summed E-state index contributed by atoms with van der Waals surface area (Å²) in [6.45, 7) is 0.0980. The van der Waals surface area contributed by atoms with Gasteiger partial charge in [-0.2, -0.15) is 0 Å². The molecule has 108 valence electrons. The molecule has 2 atom stereocenters. The van der Waals surface area contributed by atoms with Crippen molar-refractivity contribution in [2.24, 2.45) is 0 Å². The smallest absolute Gasteiger partial charge is 0.332 e. The second-order valence-electron chi connectivity index (χ2n) is 4.53. The lowest BCUT2D eigenvalue weighted by Crippen LogP contribution is -2.33. The Bertz CT molecular complexity index is 515. The molecule has 1 aliphatic heterocycles. The summed E-state index contributed by atoms with van der Waals surface area (Å²) < 4.78 is 31.1. The van der Waals surface area contributed by atoms with E-state index in [1.54, 1.807) is 0 Å². The number of halogens is 2. The summed E-state index contributed by atoms with van der Waals surface area (Å²) in [5.41, 5.74) is -0.129. The molecule has 0 saturated carbocycles. The molecule has 1 aromatic carbocycles. The lowest BCUT2D eigenvalue weighted by Gasteiger charge is -2.12. The first-order chi connectivity index (χ1) is 9.45. The molecular weight excluding hydrogens is 272 g/mol. The van der Waals surface area contributed by atoms with Gasteiger partial charge in [-0.05, 0) is 25.0 Å². The molecule has 2 rings (SSSR count). The molecule has 1 saturated heterocycles. The van der Waals surface area contributed by atoms with E-state index in [4.69, 9.17) is 9.84 Å². The molecule has 1 aromatic rings. The molecule has 2 unspecified atom stereocenters. The van der Waals surface area contributed by atoms with E-state index in [0.29, 0.717) is 18.9 Å². The monoisotopic (exact) mass is 285 g/mol. The van der Waals surface area contributed by atoms with Crippen LogP contribution in [-0.4, -0.2) is 35.7 Å². The average Bonchev–Trinajstić information content (AvgIpc) is 2.83. The van der Waals surface area contributed by atoms with Crippen molar-refractivity contribution in [1.82, 2.24) is 5.32 Å². The molecule has 0 spiro atoms. The molecule has 2 N–H and O–H groups in total. The fourth-order valence-electron chi connectivity index (χ4n) is 2.03. The van der Waals surface area contributed by atoms with Gasteiger partial charge in [-0.3, -0.25) is 4.79 Å². The molecule has 20 heavy (non-hydrogen) atoms. The Morgan fingerprint density at radius 2 is 1.90 bits per heavy atom. The van der Waals surface area contributed by atoms with Gasteiger partial charge in [0.25, 0.3) is 5.91 Å². The largest absolute Gasteiger partial charge is 0.479 e. The van der Waals surface area contributed by atoms with E-state index < -0.39 is 35.7 Å². The number of carbonyl (C=O) groups excluding carboxylic acids is 1. The van der Waals surface area contributed by atoms with E-state index in [2.05, 4.69) is 5.32 Å². The van der Waals surface area contributed by atoms with Gasteiger partial charge in [-0.15, -0.1) is 0 Å². The Morgan fingerprint density at radius 3 is 2.45 bits per heavy atom. The minimum Gasteiger partial charge on any atom is -0.479 e. The van der Waals surface area contributed by atoms with Crippen LogP contribution in [0.15, 0.2) is 18.2 Å². The summed E-state index contributed by atoms with van der Waals surface area (Å²) in [4.78, 5) is 22.4. The van der Waals surface area contributed by atoms with Crippen LogP contribution in [-0.2, 0) is 9.53 Å². The molecule has 1 heterocycles. The van der Waals surface area contributed by atoms with Crippen LogP contribution in [0.5, 0.6) is 0 Å². The zero-order chi connectivity index (χ0) is 14.7. The van der Waals surface area contributed by atoms with Gasteiger partial charge in [-0.1, -0.05) is 0 Å². The summed E-state index contributed by atoms with van der Waals surface area (Å²) in [5.74, 6) is -3.34. The molecule has 1 fully saturated rings. The van der Waals surface area contributed by atoms with Gasteiger partial charge in [0, 0.05) is 18.2 Å². The maximum Gasteiger partial charge on any atom is 0.332 e. The number of carboxylic acid groups (broad SMARTS) is 1. The standard InChI is InChI=1S/C13H13F2NO4/c14-8-3-7(4-9(15)5-8)12(17)16-6-10-1-2-11(20-10)13(18)19/h3-5,10-11H,1-2,6H2,(H,16,17)(H,18,19). The predicted molar refractivity (Wildman–Crippen MR) is 64.2 cm³/mol. The third-order valence-electron chi connectivity index (χ3n) is 3.00. The van der Waals surface area contributed by atoms with Crippen LogP contribution in [0.1, 0.15) is 23.2 Å². The number of aliphatic carboxylic acids is 1. The van der Waals surface area contributed by atoms with Crippen LogP contribution in [0.25, 0.3) is 0 Å². The topological polar surface area (TPSA) is 75.6 Å². The van der Waals surface area contributed by atoms with Gasteiger partial charge in [0.15, 0.2) is 6.10 Å². The molecule has 0 aliphatic carbocycles. The van der Waals surface area contributed by atoms with Crippen LogP contribution >= 0.6 is 0 Å². The number of ether oxygens (including phenoxy) is 1. The highest BCUT2D eigenvalue weighted by molar-refractivity contribution is 5.94. The van der Waals surface area contributed by atoms with Gasteiger partial charge < -0.3 is 15.2 Å². The first-order valence-electron chi connectivity index (χ1n) is 6.08. The number of carbonyl (C=O) groups is 2.